The van der Waals surface area contributed by atoms with Crippen molar-refractivity contribution < 1.29 is 4.42 Å². The predicted octanol–water partition coefficient (Wildman–Crippen LogP) is 9.68. The lowest BCUT2D eigenvalue weighted by atomic mass is 9.63. The van der Waals surface area contributed by atoms with Gasteiger partial charge in [0.05, 0.1) is 5.41 Å². The van der Waals surface area contributed by atoms with Crippen LogP contribution in [0.1, 0.15) is 33.4 Å². The molecule has 2 heterocycles. The average molecular weight is 543 g/mol. The maximum Gasteiger partial charge on any atom is 0.136 e. The summed E-state index contributed by atoms with van der Waals surface area (Å²) in [4.78, 5) is 2.52. The zero-order valence-electron chi connectivity index (χ0n) is 19.2. The van der Waals surface area contributed by atoms with Gasteiger partial charge in [-0.2, -0.15) is 0 Å². The van der Waals surface area contributed by atoms with E-state index in [9.17, 15) is 0 Å². The number of benzene rings is 5. The highest BCUT2D eigenvalue weighted by molar-refractivity contribution is 9.10. The van der Waals surface area contributed by atoms with Crippen molar-refractivity contribution in [3.8, 4) is 0 Å². The summed E-state index contributed by atoms with van der Waals surface area (Å²) in [5.74, 6) is 0. The zero-order valence-corrected chi connectivity index (χ0v) is 21.6. The Morgan fingerprint density at radius 2 is 1.31 bits per heavy atom. The molecule has 2 aliphatic rings. The molecule has 1 aliphatic heterocycles. The Morgan fingerprint density at radius 3 is 2.22 bits per heavy atom. The quantitative estimate of drug-likeness (QED) is 0.189. The van der Waals surface area contributed by atoms with E-state index in [0.717, 1.165) is 26.4 Å². The van der Waals surface area contributed by atoms with Crippen LogP contribution in [0, 0.1) is 0 Å². The molecule has 1 spiro atoms. The maximum atomic E-state index is 6.33. The molecule has 36 heavy (non-hydrogen) atoms. The Morgan fingerprint density at radius 1 is 0.556 bits per heavy atom. The zero-order chi connectivity index (χ0) is 23.9. The summed E-state index contributed by atoms with van der Waals surface area (Å²) >= 11 is 5.65. The molecule has 0 saturated heterocycles. The third-order valence-electron chi connectivity index (χ3n) is 7.62. The van der Waals surface area contributed by atoms with E-state index in [2.05, 4.69) is 125 Å². The Kier molecular flexibility index (Phi) is 4.29. The van der Waals surface area contributed by atoms with Crippen molar-refractivity contribution in [1.82, 2.24) is 0 Å². The van der Waals surface area contributed by atoms with E-state index < -0.39 is 5.41 Å². The molecule has 170 valence electrons. The largest absolute Gasteiger partial charge is 0.456 e. The van der Waals surface area contributed by atoms with Crippen LogP contribution in [0.4, 0.5) is 0 Å². The minimum Gasteiger partial charge on any atom is -0.456 e. The highest BCUT2D eigenvalue weighted by atomic mass is 79.9. The highest BCUT2D eigenvalue weighted by Gasteiger charge is 2.47. The van der Waals surface area contributed by atoms with Crippen molar-refractivity contribution in [2.45, 2.75) is 15.2 Å². The Hall–Kier alpha value is -3.53. The molecular weight excluding hydrogens is 524 g/mol. The Balaban J connectivity index is 1.62. The number of halogens is 1. The number of hydrogen-bond donors (Lipinski definition) is 0. The summed E-state index contributed by atoms with van der Waals surface area (Å²) in [6.07, 6.45) is 4.54. The Bertz CT molecular complexity index is 1900. The van der Waals surface area contributed by atoms with Gasteiger partial charge in [-0.15, -0.1) is 0 Å². The van der Waals surface area contributed by atoms with Crippen molar-refractivity contribution in [3.05, 3.63) is 141 Å². The summed E-state index contributed by atoms with van der Waals surface area (Å²) in [6, 6.07) is 37.5. The first-order valence-corrected chi connectivity index (χ1v) is 13.7. The molecule has 0 bridgehead atoms. The van der Waals surface area contributed by atoms with Gasteiger partial charge in [-0.05, 0) is 69.8 Å². The van der Waals surface area contributed by atoms with Gasteiger partial charge in [-0.1, -0.05) is 107 Å². The molecule has 0 saturated carbocycles. The second kappa shape index (κ2) is 7.49. The summed E-state index contributed by atoms with van der Waals surface area (Å²) in [7, 11) is 0. The first-order valence-electron chi connectivity index (χ1n) is 12.0. The van der Waals surface area contributed by atoms with Gasteiger partial charge in [-0.3, -0.25) is 0 Å². The topological polar surface area (TPSA) is 13.1 Å². The fraction of sp³-hybridized carbons (Fsp3) is 0.0303. The van der Waals surface area contributed by atoms with E-state index >= 15 is 0 Å². The summed E-state index contributed by atoms with van der Waals surface area (Å²) in [5, 5.41) is 2.32. The molecular formula is C33H19BrOS. The van der Waals surface area contributed by atoms with Crippen LogP contribution in [0.15, 0.2) is 122 Å². The lowest BCUT2D eigenvalue weighted by Gasteiger charge is -2.42. The molecule has 0 amide bonds. The van der Waals surface area contributed by atoms with Crippen molar-refractivity contribution in [2.75, 3.05) is 0 Å². The van der Waals surface area contributed by atoms with E-state index in [1.54, 1.807) is 0 Å². The smallest absolute Gasteiger partial charge is 0.136 e. The molecule has 0 radical (unpaired) electrons. The highest BCUT2D eigenvalue weighted by Crippen LogP contribution is 2.59. The number of furan rings is 1. The SMILES string of the molecule is Brc1ccc2c(c1)C1(c3ccccc3C=C2)c2ccccc2Sc2cc3oc4ccccc4c3cc21. The van der Waals surface area contributed by atoms with E-state index in [1.807, 2.05) is 17.8 Å². The van der Waals surface area contributed by atoms with Crippen LogP contribution < -0.4 is 0 Å². The van der Waals surface area contributed by atoms with E-state index in [1.165, 1.54) is 43.2 Å². The van der Waals surface area contributed by atoms with Gasteiger partial charge in [-0.25, -0.2) is 0 Å². The summed E-state index contributed by atoms with van der Waals surface area (Å²) in [5.41, 5.74) is 9.10. The lowest BCUT2D eigenvalue weighted by molar-refractivity contribution is 0.663. The fourth-order valence-corrected chi connectivity index (χ4v) is 7.71. The molecule has 3 heteroatoms. The van der Waals surface area contributed by atoms with Crippen LogP contribution in [0.25, 0.3) is 34.1 Å². The monoisotopic (exact) mass is 542 g/mol. The van der Waals surface area contributed by atoms with Gasteiger partial charge in [0.25, 0.3) is 0 Å². The third-order valence-corrected chi connectivity index (χ3v) is 9.25. The minimum absolute atomic E-state index is 0.469. The molecule has 1 atom stereocenters. The van der Waals surface area contributed by atoms with E-state index in [0.29, 0.717) is 0 Å². The second-order valence-corrected chi connectivity index (χ2v) is 11.4. The molecule has 0 N–H and O–H groups in total. The van der Waals surface area contributed by atoms with Crippen LogP contribution in [0.3, 0.4) is 0 Å². The standard InChI is InChI=1S/C33H19BrOS/c34-22-16-15-21-14-13-20-7-1-3-9-25(20)33(27(21)17-22)26-10-4-6-12-31(26)36-32-19-30-24(18-28(32)33)23-8-2-5-11-29(23)35-30/h1-19H. The average Bonchev–Trinajstić information content (AvgIpc) is 3.21. The van der Waals surface area contributed by atoms with Crippen LogP contribution in [0.5, 0.6) is 0 Å². The molecule has 1 aliphatic carbocycles. The minimum atomic E-state index is -0.469. The number of rotatable bonds is 0. The van der Waals surface area contributed by atoms with Crippen molar-refractivity contribution >= 4 is 61.8 Å². The van der Waals surface area contributed by atoms with Crippen molar-refractivity contribution in [1.29, 1.82) is 0 Å². The maximum absolute atomic E-state index is 6.33. The lowest BCUT2D eigenvalue weighted by Crippen LogP contribution is -2.35. The van der Waals surface area contributed by atoms with E-state index in [-0.39, 0.29) is 0 Å². The van der Waals surface area contributed by atoms with Gasteiger partial charge < -0.3 is 4.42 Å². The van der Waals surface area contributed by atoms with Crippen LogP contribution >= 0.6 is 27.7 Å². The van der Waals surface area contributed by atoms with Gasteiger partial charge in [0, 0.05) is 25.0 Å². The number of hydrogen-bond acceptors (Lipinski definition) is 2. The third kappa shape index (κ3) is 2.67. The molecule has 1 unspecified atom stereocenters. The number of fused-ring (bicyclic) bond motifs is 11. The van der Waals surface area contributed by atoms with Crippen LogP contribution in [-0.4, -0.2) is 0 Å². The molecule has 0 fully saturated rings. The van der Waals surface area contributed by atoms with Gasteiger partial charge in [0.2, 0.25) is 0 Å². The molecule has 5 aromatic carbocycles. The van der Waals surface area contributed by atoms with Gasteiger partial charge >= 0.3 is 0 Å². The molecule has 8 rings (SSSR count). The van der Waals surface area contributed by atoms with Crippen molar-refractivity contribution in [2.24, 2.45) is 0 Å². The van der Waals surface area contributed by atoms with Crippen LogP contribution in [0.2, 0.25) is 0 Å². The first-order chi connectivity index (χ1) is 17.7. The van der Waals surface area contributed by atoms with Crippen LogP contribution in [-0.2, 0) is 5.41 Å². The Labute approximate surface area is 221 Å². The molecule has 1 aromatic heterocycles. The summed E-state index contributed by atoms with van der Waals surface area (Å²) < 4.78 is 7.42. The number of para-hydroxylation sites is 1. The normalized spacial score (nSPS) is 17.5. The summed E-state index contributed by atoms with van der Waals surface area (Å²) in [6.45, 7) is 0. The van der Waals surface area contributed by atoms with Gasteiger partial charge in [0.15, 0.2) is 0 Å². The van der Waals surface area contributed by atoms with Crippen molar-refractivity contribution in [3.63, 3.8) is 0 Å². The molecule has 6 aromatic rings. The fourth-order valence-electron chi connectivity index (χ4n) is 6.15. The molecule has 1 nitrogen and oxygen atoms in total. The predicted molar refractivity (Wildman–Crippen MR) is 153 cm³/mol. The second-order valence-electron chi connectivity index (χ2n) is 9.44. The van der Waals surface area contributed by atoms with E-state index in [4.69, 9.17) is 4.42 Å². The van der Waals surface area contributed by atoms with Gasteiger partial charge in [0.1, 0.15) is 11.2 Å². The first kappa shape index (κ1) is 20.6.